The van der Waals surface area contributed by atoms with Crippen molar-refractivity contribution in [2.45, 2.75) is 69.9 Å². The van der Waals surface area contributed by atoms with Crippen LogP contribution in [0.4, 0.5) is 0 Å². The average molecular weight is 551 g/mol. The van der Waals surface area contributed by atoms with Crippen molar-refractivity contribution in [3.63, 3.8) is 0 Å². The van der Waals surface area contributed by atoms with Gasteiger partial charge < -0.3 is 25.8 Å². The van der Waals surface area contributed by atoms with E-state index in [1.807, 2.05) is 13.8 Å². The van der Waals surface area contributed by atoms with Gasteiger partial charge in [0.15, 0.2) is 0 Å². The summed E-state index contributed by atoms with van der Waals surface area (Å²) in [6.07, 6.45) is 4.64. The molecule has 5 atom stereocenters. The first-order valence-corrected chi connectivity index (χ1v) is 14.8. The number of pyridine rings is 1. The molecule has 4 N–H and O–H groups in total. The zero-order valence-corrected chi connectivity index (χ0v) is 22.6. The van der Waals surface area contributed by atoms with Gasteiger partial charge in [0.25, 0.3) is 0 Å². The van der Waals surface area contributed by atoms with Gasteiger partial charge in [-0.1, -0.05) is 47.6 Å². The SMILES string of the molecule is CC(C)[C@H]1C[C@@H](O)CC(=O)O[C@@H]2/C=C/CSSC[C@@H](NC(=O)[C@H](Cc3cccnc3)NC(=O)C2)C(=O)N1. The molecule has 1 fully saturated rings. The third-order valence-corrected chi connectivity index (χ3v) is 8.29. The molecule has 0 spiro atoms. The minimum Gasteiger partial charge on any atom is -0.457 e. The van der Waals surface area contributed by atoms with Crippen LogP contribution >= 0.6 is 21.6 Å². The predicted molar refractivity (Wildman–Crippen MR) is 142 cm³/mol. The Kier molecular flexibility index (Phi) is 11.3. The molecule has 1 saturated heterocycles. The maximum absolute atomic E-state index is 13.4. The van der Waals surface area contributed by atoms with E-state index in [-0.39, 0.29) is 31.6 Å². The van der Waals surface area contributed by atoms with Crippen LogP contribution < -0.4 is 16.0 Å². The van der Waals surface area contributed by atoms with Gasteiger partial charge in [-0.25, -0.2) is 0 Å². The van der Waals surface area contributed by atoms with E-state index in [2.05, 4.69) is 20.9 Å². The summed E-state index contributed by atoms with van der Waals surface area (Å²) in [5.74, 6) is -1.21. The van der Waals surface area contributed by atoms with Gasteiger partial charge in [-0.05, 0) is 30.0 Å². The molecule has 2 bridgehead atoms. The highest BCUT2D eigenvalue weighted by molar-refractivity contribution is 8.76. The number of nitrogens with one attached hydrogen (secondary N) is 3. The lowest BCUT2D eigenvalue weighted by molar-refractivity contribution is -0.150. The fraction of sp³-hybridized carbons (Fsp3) is 0.560. The van der Waals surface area contributed by atoms with E-state index in [9.17, 15) is 24.3 Å². The van der Waals surface area contributed by atoms with E-state index < -0.39 is 54.0 Å². The predicted octanol–water partition coefficient (Wildman–Crippen LogP) is 1.14. The van der Waals surface area contributed by atoms with Gasteiger partial charge in [-0.2, -0.15) is 0 Å². The molecule has 12 heteroatoms. The molecule has 0 unspecified atom stereocenters. The number of fused-ring (bicyclic) bond motifs is 16. The largest absolute Gasteiger partial charge is 0.457 e. The first-order valence-electron chi connectivity index (χ1n) is 12.3. The van der Waals surface area contributed by atoms with Gasteiger partial charge in [0.05, 0.1) is 18.9 Å². The number of ether oxygens (including phenoxy) is 1. The van der Waals surface area contributed by atoms with Gasteiger partial charge in [-0.3, -0.25) is 24.2 Å². The number of carbonyl (C=O) groups is 4. The highest BCUT2D eigenvalue weighted by Gasteiger charge is 2.31. The van der Waals surface area contributed by atoms with Crippen LogP contribution in [0, 0.1) is 5.92 Å². The topological polar surface area (TPSA) is 147 Å². The molecule has 3 aliphatic heterocycles. The molecule has 4 heterocycles. The number of amides is 3. The average Bonchev–Trinajstić information content (AvgIpc) is 2.83. The van der Waals surface area contributed by atoms with Crippen molar-refractivity contribution in [2.24, 2.45) is 5.92 Å². The normalized spacial score (nSPS) is 29.6. The van der Waals surface area contributed by atoms with Crippen LogP contribution in [0.3, 0.4) is 0 Å². The minimum atomic E-state index is -1.04. The zero-order valence-electron chi connectivity index (χ0n) is 20.9. The quantitative estimate of drug-likeness (QED) is 0.247. The number of aliphatic hydroxyl groups excluding tert-OH is 1. The van der Waals surface area contributed by atoms with Crippen molar-refractivity contribution in [1.29, 1.82) is 0 Å². The Labute approximate surface area is 224 Å². The van der Waals surface area contributed by atoms with Crippen molar-refractivity contribution in [1.82, 2.24) is 20.9 Å². The third-order valence-electron chi connectivity index (χ3n) is 6.01. The molecule has 10 nitrogen and oxygen atoms in total. The van der Waals surface area contributed by atoms with Crippen molar-refractivity contribution in [3.8, 4) is 0 Å². The van der Waals surface area contributed by atoms with Crippen LogP contribution in [0.1, 0.15) is 38.7 Å². The van der Waals surface area contributed by atoms with E-state index >= 15 is 0 Å². The number of nitrogens with zero attached hydrogens (tertiary/aromatic N) is 1. The maximum Gasteiger partial charge on any atom is 0.309 e. The summed E-state index contributed by atoms with van der Waals surface area (Å²) < 4.78 is 5.52. The Morgan fingerprint density at radius 2 is 1.92 bits per heavy atom. The number of esters is 1. The Balaban J connectivity index is 1.96. The molecule has 37 heavy (non-hydrogen) atoms. The summed E-state index contributed by atoms with van der Waals surface area (Å²) in [7, 11) is 2.91. The van der Waals surface area contributed by atoms with Crippen molar-refractivity contribution in [2.75, 3.05) is 11.5 Å². The maximum atomic E-state index is 13.4. The lowest BCUT2D eigenvalue weighted by atomic mass is 9.96. The van der Waals surface area contributed by atoms with Gasteiger partial charge in [0, 0.05) is 36.4 Å². The van der Waals surface area contributed by atoms with E-state index in [4.69, 9.17) is 4.74 Å². The van der Waals surface area contributed by atoms with Gasteiger partial charge >= 0.3 is 5.97 Å². The van der Waals surface area contributed by atoms with Crippen molar-refractivity contribution >= 4 is 45.3 Å². The molecule has 3 aliphatic rings. The minimum absolute atomic E-state index is 0.0286. The summed E-state index contributed by atoms with van der Waals surface area (Å²) in [4.78, 5) is 56.3. The van der Waals surface area contributed by atoms with Gasteiger partial charge in [0.2, 0.25) is 17.7 Å². The second kappa shape index (κ2) is 14.4. The molecule has 202 valence electrons. The van der Waals surface area contributed by atoms with E-state index in [0.29, 0.717) is 11.5 Å². The molecule has 0 saturated carbocycles. The van der Waals surface area contributed by atoms with Crippen LogP contribution in [-0.4, -0.2) is 75.6 Å². The van der Waals surface area contributed by atoms with Gasteiger partial charge in [0.1, 0.15) is 18.2 Å². The van der Waals surface area contributed by atoms with Gasteiger partial charge in [-0.15, -0.1) is 0 Å². The number of aromatic nitrogens is 1. The van der Waals surface area contributed by atoms with Crippen molar-refractivity contribution < 1.29 is 29.0 Å². The van der Waals surface area contributed by atoms with Crippen molar-refractivity contribution in [3.05, 3.63) is 42.2 Å². The smallest absolute Gasteiger partial charge is 0.309 e. The fourth-order valence-corrected chi connectivity index (χ4v) is 5.96. The molecular weight excluding hydrogens is 516 g/mol. The molecule has 0 radical (unpaired) electrons. The summed E-state index contributed by atoms with van der Waals surface area (Å²) >= 11 is 0. The second-order valence-electron chi connectivity index (χ2n) is 9.43. The standard InChI is InChI=1S/C25H34N4O6S2/c1-15(2)19-10-17(30)11-23(32)35-18-6-4-8-36-37-14-21(25(34)28-19)29-24(33)20(27-22(31)12-18)9-16-5-3-7-26-13-16/h3-7,13,15,17-21,30H,8-12,14H2,1-2H3,(H,27,31)(H,28,34)(H,29,33)/b6-4+/t17-,18-,19-,20+,21-/m1/s1. The van der Waals surface area contributed by atoms with Crippen LogP contribution in [0.15, 0.2) is 36.7 Å². The Hall–Kier alpha value is -2.57. The Morgan fingerprint density at radius 3 is 2.65 bits per heavy atom. The second-order valence-corrected chi connectivity index (χ2v) is 12.0. The Morgan fingerprint density at radius 1 is 1.11 bits per heavy atom. The summed E-state index contributed by atoms with van der Waals surface area (Å²) in [6, 6.07) is 1.28. The molecule has 0 aliphatic carbocycles. The summed E-state index contributed by atoms with van der Waals surface area (Å²) in [6.45, 7) is 3.82. The highest BCUT2D eigenvalue weighted by atomic mass is 33.1. The van der Waals surface area contributed by atoms with Crippen LogP contribution in [0.25, 0.3) is 0 Å². The number of hydrogen-bond acceptors (Lipinski definition) is 9. The molecule has 1 aromatic heterocycles. The van der Waals surface area contributed by atoms with E-state index in [1.54, 1.807) is 36.7 Å². The third kappa shape index (κ3) is 9.67. The van der Waals surface area contributed by atoms with Crippen LogP contribution in [0.2, 0.25) is 0 Å². The van der Waals surface area contributed by atoms with Crippen LogP contribution in [-0.2, 0) is 30.3 Å². The summed E-state index contributed by atoms with van der Waals surface area (Å²) in [5.41, 5.74) is 0.737. The number of hydrogen-bond donors (Lipinski definition) is 4. The molecule has 0 aromatic carbocycles. The molecule has 1 aromatic rings. The lowest BCUT2D eigenvalue weighted by Crippen LogP contribution is -2.57. The van der Waals surface area contributed by atoms with E-state index in [1.165, 1.54) is 21.6 Å². The number of carbonyl (C=O) groups excluding carboxylic acids is 4. The van der Waals surface area contributed by atoms with E-state index in [0.717, 1.165) is 5.56 Å². The number of aliphatic hydroxyl groups is 1. The molecule has 3 amide bonds. The highest BCUT2D eigenvalue weighted by Crippen LogP contribution is 2.23. The zero-order chi connectivity index (χ0) is 26.8. The first-order chi connectivity index (χ1) is 17.7. The monoisotopic (exact) mass is 550 g/mol. The molecule has 4 rings (SSSR count). The molecular formula is C25H34N4O6S2. The van der Waals surface area contributed by atoms with Crippen LogP contribution in [0.5, 0.6) is 0 Å². The lowest BCUT2D eigenvalue weighted by Gasteiger charge is -2.29. The number of rotatable bonds is 3. The first kappa shape index (κ1) is 29.0. The fourth-order valence-electron chi connectivity index (χ4n) is 3.98. The summed E-state index contributed by atoms with van der Waals surface area (Å²) in [5, 5.41) is 19.0. The Bertz CT molecular complexity index is 977.